The summed E-state index contributed by atoms with van der Waals surface area (Å²) < 4.78 is 7.00. The average molecular weight is 395 g/mol. The van der Waals surface area contributed by atoms with E-state index in [0.717, 1.165) is 28.2 Å². The Morgan fingerprint density at radius 3 is 2.79 bits per heavy atom. The first-order chi connectivity index (χ1) is 13.6. The maximum Gasteiger partial charge on any atom is 0.235 e. The zero-order valence-electron chi connectivity index (χ0n) is 15.7. The minimum Gasteiger partial charge on any atom is -0.504 e. The van der Waals surface area contributed by atoms with Crippen LogP contribution in [0.15, 0.2) is 48.5 Å². The van der Waals surface area contributed by atoms with Crippen molar-refractivity contribution in [2.45, 2.75) is 18.7 Å². The van der Waals surface area contributed by atoms with Crippen molar-refractivity contribution in [3.8, 4) is 11.5 Å². The molecule has 7 heteroatoms. The first kappa shape index (κ1) is 18.4. The number of anilines is 1. The molecule has 1 atom stereocenters. The highest BCUT2D eigenvalue weighted by Gasteiger charge is 2.30. The maximum atomic E-state index is 12.4. The second kappa shape index (κ2) is 7.59. The number of carbonyl (C=O) groups excluding carboxylic acids is 1. The normalized spacial score (nSPS) is 16.2. The molecule has 2 N–H and O–H groups in total. The van der Waals surface area contributed by atoms with Crippen LogP contribution in [0, 0.1) is 6.92 Å². The number of fused-ring (bicyclic) bond motifs is 1. The highest BCUT2D eigenvalue weighted by atomic mass is 32.2. The van der Waals surface area contributed by atoms with Gasteiger partial charge in [0.15, 0.2) is 11.5 Å². The molecule has 144 valence electrons. The molecule has 1 unspecified atom stereocenters. The number of phenols is 1. The summed E-state index contributed by atoms with van der Waals surface area (Å²) >= 11 is 1.53. The molecule has 0 spiro atoms. The van der Waals surface area contributed by atoms with E-state index in [4.69, 9.17) is 9.84 Å². The fraction of sp³-hybridized carbons (Fsp3) is 0.238. The van der Waals surface area contributed by atoms with Crippen LogP contribution >= 0.6 is 11.8 Å². The van der Waals surface area contributed by atoms with E-state index in [9.17, 15) is 9.90 Å². The maximum absolute atomic E-state index is 12.4. The van der Waals surface area contributed by atoms with Gasteiger partial charge in [0, 0.05) is 5.56 Å². The van der Waals surface area contributed by atoms with Crippen LogP contribution in [-0.2, 0) is 11.3 Å². The number of carbonyl (C=O) groups is 1. The number of hydrogen-bond acceptors (Lipinski definition) is 5. The van der Waals surface area contributed by atoms with E-state index in [1.807, 2.05) is 48.0 Å². The van der Waals surface area contributed by atoms with E-state index in [0.29, 0.717) is 18.0 Å². The van der Waals surface area contributed by atoms with Crippen LogP contribution in [-0.4, -0.2) is 33.7 Å². The fourth-order valence-corrected chi connectivity index (χ4v) is 4.63. The molecule has 1 aliphatic heterocycles. The number of methoxy groups -OCH3 is 1. The Kier molecular flexibility index (Phi) is 5.00. The van der Waals surface area contributed by atoms with Gasteiger partial charge in [0.1, 0.15) is 5.82 Å². The van der Waals surface area contributed by atoms with Crippen molar-refractivity contribution in [1.29, 1.82) is 0 Å². The van der Waals surface area contributed by atoms with Gasteiger partial charge in [-0.3, -0.25) is 4.79 Å². The van der Waals surface area contributed by atoms with Crippen molar-refractivity contribution in [3.63, 3.8) is 0 Å². The third-order valence-corrected chi connectivity index (χ3v) is 6.03. The number of amides is 1. The number of nitrogens with zero attached hydrogens (tertiary/aromatic N) is 2. The Bertz CT molecular complexity index is 1020. The zero-order chi connectivity index (χ0) is 19.7. The van der Waals surface area contributed by atoms with Gasteiger partial charge in [0.2, 0.25) is 5.91 Å². The number of aromatic hydroxyl groups is 1. The van der Waals surface area contributed by atoms with Gasteiger partial charge >= 0.3 is 0 Å². The summed E-state index contributed by atoms with van der Waals surface area (Å²) in [6.07, 6.45) is 0. The molecule has 6 nitrogen and oxygen atoms in total. The number of aromatic nitrogens is 2. The standard InChI is InChI=1S/C21H21N3O3S/c1-13-19-20(15-8-9-17(27-2)16(25)10-15)28-12-18(26)22-21(19)24(23-13)11-14-6-4-3-5-7-14/h3-10,20,25H,11-12H2,1-2H3,(H,22,26). The third-order valence-electron chi connectivity index (χ3n) is 4.76. The zero-order valence-corrected chi connectivity index (χ0v) is 16.5. The quantitative estimate of drug-likeness (QED) is 0.704. The van der Waals surface area contributed by atoms with Crippen LogP contribution in [0.4, 0.5) is 5.82 Å². The molecule has 1 aliphatic rings. The number of benzene rings is 2. The largest absolute Gasteiger partial charge is 0.504 e. The van der Waals surface area contributed by atoms with Crippen molar-refractivity contribution < 1.29 is 14.6 Å². The van der Waals surface area contributed by atoms with Gasteiger partial charge in [-0.15, -0.1) is 11.8 Å². The second-order valence-corrected chi connectivity index (χ2v) is 7.75. The molecule has 0 radical (unpaired) electrons. The van der Waals surface area contributed by atoms with E-state index in [-0.39, 0.29) is 16.9 Å². The minimum absolute atomic E-state index is 0.0549. The predicted molar refractivity (Wildman–Crippen MR) is 110 cm³/mol. The number of thioether (sulfide) groups is 1. The number of ether oxygens (including phenoxy) is 1. The summed E-state index contributed by atoms with van der Waals surface area (Å²) in [5.74, 6) is 1.50. The first-order valence-corrected chi connectivity index (χ1v) is 10.0. The second-order valence-electron chi connectivity index (χ2n) is 6.66. The molecule has 3 aromatic rings. The molecule has 2 aromatic carbocycles. The van der Waals surface area contributed by atoms with Crippen molar-refractivity contribution in [2.24, 2.45) is 0 Å². The van der Waals surface area contributed by atoms with Crippen LogP contribution < -0.4 is 10.1 Å². The summed E-state index contributed by atoms with van der Waals surface area (Å²) in [7, 11) is 1.52. The van der Waals surface area contributed by atoms with Crippen LogP contribution in [0.2, 0.25) is 0 Å². The number of phenolic OH excluding ortho intramolecular Hbond substituents is 1. The molecule has 0 bridgehead atoms. The average Bonchev–Trinajstić information content (AvgIpc) is 2.87. The van der Waals surface area contributed by atoms with E-state index in [1.165, 1.54) is 18.9 Å². The highest BCUT2D eigenvalue weighted by molar-refractivity contribution is 8.00. The number of hydrogen-bond donors (Lipinski definition) is 2. The van der Waals surface area contributed by atoms with Gasteiger partial charge in [-0.05, 0) is 30.2 Å². The Labute approximate surface area is 167 Å². The van der Waals surface area contributed by atoms with Gasteiger partial charge in [-0.1, -0.05) is 36.4 Å². The number of aryl methyl sites for hydroxylation is 1. The Morgan fingerprint density at radius 1 is 1.29 bits per heavy atom. The molecular formula is C21H21N3O3S. The van der Waals surface area contributed by atoms with E-state index < -0.39 is 0 Å². The van der Waals surface area contributed by atoms with Gasteiger partial charge < -0.3 is 15.2 Å². The Balaban J connectivity index is 1.78. The highest BCUT2D eigenvalue weighted by Crippen LogP contribution is 2.45. The van der Waals surface area contributed by atoms with Gasteiger partial charge in [-0.2, -0.15) is 5.10 Å². The summed E-state index contributed by atoms with van der Waals surface area (Å²) in [4.78, 5) is 12.4. The third kappa shape index (κ3) is 3.45. The molecule has 2 heterocycles. The van der Waals surface area contributed by atoms with E-state index >= 15 is 0 Å². The number of rotatable bonds is 4. The van der Waals surface area contributed by atoms with Crippen molar-refractivity contribution in [2.75, 3.05) is 18.2 Å². The molecule has 28 heavy (non-hydrogen) atoms. The molecule has 1 aromatic heterocycles. The molecule has 0 aliphatic carbocycles. The van der Waals surface area contributed by atoms with Crippen LogP contribution in [0.5, 0.6) is 11.5 Å². The first-order valence-electron chi connectivity index (χ1n) is 8.96. The molecule has 0 saturated heterocycles. The van der Waals surface area contributed by atoms with Crippen molar-refractivity contribution in [1.82, 2.24) is 9.78 Å². The Hall–Kier alpha value is -2.93. The van der Waals surface area contributed by atoms with Crippen molar-refractivity contribution in [3.05, 3.63) is 70.9 Å². The van der Waals surface area contributed by atoms with Crippen molar-refractivity contribution >= 4 is 23.5 Å². The summed E-state index contributed by atoms with van der Waals surface area (Å²) in [6.45, 7) is 2.53. The molecular weight excluding hydrogens is 374 g/mol. The Morgan fingerprint density at radius 2 is 2.07 bits per heavy atom. The fourth-order valence-electron chi connectivity index (χ4n) is 3.46. The van der Waals surface area contributed by atoms with E-state index in [1.54, 1.807) is 12.1 Å². The van der Waals surface area contributed by atoms with E-state index in [2.05, 4.69) is 5.32 Å². The minimum atomic E-state index is -0.115. The van der Waals surface area contributed by atoms with Crippen LogP contribution in [0.25, 0.3) is 0 Å². The lowest BCUT2D eigenvalue weighted by Gasteiger charge is -2.16. The molecule has 0 saturated carbocycles. The summed E-state index contributed by atoms with van der Waals surface area (Å²) in [6, 6.07) is 15.4. The summed E-state index contributed by atoms with van der Waals surface area (Å²) in [5.41, 5.74) is 3.85. The smallest absolute Gasteiger partial charge is 0.235 e. The van der Waals surface area contributed by atoms with Crippen LogP contribution in [0.1, 0.15) is 27.6 Å². The molecule has 1 amide bonds. The lowest BCUT2D eigenvalue weighted by molar-refractivity contribution is -0.113. The van der Waals surface area contributed by atoms with Gasteiger partial charge in [0.25, 0.3) is 0 Å². The monoisotopic (exact) mass is 395 g/mol. The number of nitrogens with one attached hydrogen (secondary N) is 1. The SMILES string of the molecule is COc1ccc(C2SCC(=O)Nc3c2c(C)nn3Cc2ccccc2)cc1O. The molecule has 0 fully saturated rings. The lowest BCUT2D eigenvalue weighted by Crippen LogP contribution is -2.16. The summed E-state index contributed by atoms with van der Waals surface area (Å²) in [5, 5.41) is 17.8. The van der Waals surface area contributed by atoms with Gasteiger partial charge in [-0.25, -0.2) is 4.68 Å². The van der Waals surface area contributed by atoms with Crippen LogP contribution in [0.3, 0.4) is 0 Å². The topological polar surface area (TPSA) is 76.4 Å². The predicted octanol–water partition coefficient (Wildman–Crippen LogP) is 3.73. The lowest BCUT2D eigenvalue weighted by atomic mass is 10.0. The molecule has 4 rings (SSSR count). The van der Waals surface area contributed by atoms with Gasteiger partial charge in [0.05, 0.1) is 30.4 Å².